The van der Waals surface area contributed by atoms with Gasteiger partial charge in [-0.3, -0.25) is 9.69 Å². The van der Waals surface area contributed by atoms with Crippen molar-refractivity contribution in [1.29, 1.82) is 0 Å². The number of aromatic hydroxyl groups is 1. The summed E-state index contributed by atoms with van der Waals surface area (Å²) in [6.45, 7) is 5.15. The zero-order chi connectivity index (χ0) is 18.4. The maximum absolute atomic E-state index is 12.8. The monoisotopic (exact) mass is 377 g/mol. The SMILES string of the molecule is CCC(C)c1cc(C(=O)c2ccccc2)cc(CN(C)CCO)c1O.Cl. The Hall–Kier alpha value is -1.88. The summed E-state index contributed by atoms with van der Waals surface area (Å²) in [6.07, 6.45) is 0.877. The second-order valence-corrected chi connectivity index (χ2v) is 6.54. The largest absolute Gasteiger partial charge is 0.507 e. The zero-order valence-corrected chi connectivity index (χ0v) is 16.4. The van der Waals surface area contributed by atoms with Crippen LogP contribution in [0.5, 0.6) is 5.75 Å². The quantitative estimate of drug-likeness (QED) is 0.683. The molecule has 1 atom stereocenters. The van der Waals surface area contributed by atoms with Crippen LogP contribution in [0.4, 0.5) is 0 Å². The number of likely N-dealkylation sites (N-methyl/N-ethyl adjacent to an activating group) is 1. The molecule has 0 aliphatic heterocycles. The first-order chi connectivity index (χ1) is 12.0. The lowest BCUT2D eigenvalue weighted by atomic mass is 9.90. The van der Waals surface area contributed by atoms with E-state index in [0.717, 1.165) is 12.0 Å². The van der Waals surface area contributed by atoms with Crippen molar-refractivity contribution in [2.24, 2.45) is 0 Å². The Morgan fingerprint density at radius 2 is 1.81 bits per heavy atom. The standard InChI is InChI=1S/C21H27NO3.ClH/c1-4-15(2)19-13-17(20(24)16-8-6-5-7-9-16)12-18(21(19)25)14-22(3)10-11-23;/h5-9,12-13,15,23,25H,4,10-11,14H2,1-3H3;1H. The van der Waals surface area contributed by atoms with Gasteiger partial charge in [0.2, 0.25) is 0 Å². The Kier molecular flexibility index (Phi) is 8.79. The Morgan fingerprint density at radius 1 is 1.15 bits per heavy atom. The number of nitrogens with zero attached hydrogens (tertiary/aromatic N) is 1. The third kappa shape index (κ3) is 5.31. The van der Waals surface area contributed by atoms with E-state index in [4.69, 9.17) is 5.11 Å². The molecule has 2 aromatic rings. The van der Waals surface area contributed by atoms with Crippen molar-refractivity contribution in [3.05, 3.63) is 64.7 Å². The highest BCUT2D eigenvalue weighted by atomic mass is 35.5. The molecule has 2 aromatic carbocycles. The smallest absolute Gasteiger partial charge is 0.193 e. The molecular weight excluding hydrogens is 350 g/mol. The van der Waals surface area contributed by atoms with E-state index < -0.39 is 0 Å². The molecule has 0 amide bonds. The maximum atomic E-state index is 12.8. The van der Waals surface area contributed by atoms with Crippen LogP contribution >= 0.6 is 12.4 Å². The fourth-order valence-corrected chi connectivity index (χ4v) is 2.86. The fraction of sp³-hybridized carbons (Fsp3) is 0.381. The van der Waals surface area contributed by atoms with Gasteiger partial charge in [0, 0.05) is 29.8 Å². The summed E-state index contributed by atoms with van der Waals surface area (Å²) in [5, 5.41) is 19.8. The van der Waals surface area contributed by atoms with Gasteiger partial charge in [0.25, 0.3) is 0 Å². The third-order valence-corrected chi connectivity index (χ3v) is 4.58. The molecule has 0 bridgehead atoms. The number of benzene rings is 2. The van der Waals surface area contributed by atoms with Crippen molar-refractivity contribution < 1.29 is 15.0 Å². The Morgan fingerprint density at radius 3 is 2.38 bits per heavy atom. The lowest BCUT2D eigenvalue weighted by Gasteiger charge is -2.20. The van der Waals surface area contributed by atoms with Gasteiger partial charge in [-0.1, -0.05) is 44.2 Å². The van der Waals surface area contributed by atoms with E-state index in [1.165, 1.54) is 0 Å². The fourth-order valence-electron chi connectivity index (χ4n) is 2.86. The normalized spacial score (nSPS) is 11.9. The molecule has 5 heteroatoms. The number of phenols is 1. The molecule has 1 unspecified atom stereocenters. The molecular formula is C21H28ClNO3. The van der Waals surface area contributed by atoms with Crippen LogP contribution in [0.2, 0.25) is 0 Å². The van der Waals surface area contributed by atoms with Gasteiger partial charge < -0.3 is 10.2 Å². The summed E-state index contributed by atoms with van der Waals surface area (Å²) in [5.74, 6) is 0.366. The highest BCUT2D eigenvalue weighted by Gasteiger charge is 2.19. The summed E-state index contributed by atoms with van der Waals surface area (Å²) in [5.41, 5.74) is 2.74. The van der Waals surface area contributed by atoms with Gasteiger partial charge in [0.05, 0.1) is 6.61 Å². The number of carbonyl (C=O) groups excluding carboxylic acids is 1. The van der Waals surface area contributed by atoms with Gasteiger partial charge in [-0.05, 0) is 37.1 Å². The number of hydrogen-bond donors (Lipinski definition) is 2. The summed E-state index contributed by atoms with van der Waals surface area (Å²) in [4.78, 5) is 14.8. The van der Waals surface area contributed by atoms with E-state index in [9.17, 15) is 9.90 Å². The first-order valence-electron chi connectivity index (χ1n) is 8.72. The van der Waals surface area contributed by atoms with Gasteiger partial charge in [-0.15, -0.1) is 12.4 Å². The number of aliphatic hydroxyl groups is 1. The van der Waals surface area contributed by atoms with Gasteiger partial charge in [-0.2, -0.15) is 0 Å². The number of carbonyl (C=O) groups is 1. The highest BCUT2D eigenvalue weighted by molar-refractivity contribution is 6.09. The van der Waals surface area contributed by atoms with E-state index in [-0.39, 0.29) is 36.5 Å². The molecule has 0 heterocycles. The van der Waals surface area contributed by atoms with Crippen molar-refractivity contribution in [3.8, 4) is 5.75 Å². The van der Waals surface area contributed by atoms with Crippen LogP contribution in [0.3, 0.4) is 0 Å². The molecule has 2 N–H and O–H groups in total. The van der Waals surface area contributed by atoms with Crippen molar-refractivity contribution in [1.82, 2.24) is 4.90 Å². The van der Waals surface area contributed by atoms with E-state index in [1.54, 1.807) is 18.2 Å². The van der Waals surface area contributed by atoms with Crippen molar-refractivity contribution >= 4 is 18.2 Å². The molecule has 0 fully saturated rings. The van der Waals surface area contributed by atoms with E-state index in [1.807, 2.05) is 43.1 Å². The van der Waals surface area contributed by atoms with E-state index in [0.29, 0.717) is 29.8 Å². The minimum Gasteiger partial charge on any atom is -0.507 e. The Balaban J connectivity index is 0.00000338. The van der Waals surface area contributed by atoms with Gasteiger partial charge in [-0.25, -0.2) is 0 Å². The molecule has 0 radical (unpaired) electrons. The number of phenolic OH excluding ortho intramolecular Hbond substituents is 1. The second-order valence-electron chi connectivity index (χ2n) is 6.54. The number of hydrogen-bond acceptors (Lipinski definition) is 4. The molecule has 0 saturated heterocycles. The third-order valence-electron chi connectivity index (χ3n) is 4.58. The summed E-state index contributed by atoms with van der Waals surface area (Å²) < 4.78 is 0. The molecule has 0 aliphatic carbocycles. The van der Waals surface area contributed by atoms with Crippen LogP contribution in [-0.4, -0.2) is 41.1 Å². The molecule has 0 saturated carbocycles. The van der Waals surface area contributed by atoms with Crippen molar-refractivity contribution in [3.63, 3.8) is 0 Å². The lowest BCUT2D eigenvalue weighted by molar-refractivity contribution is 0.103. The molecule has 26 heavy (non-hydrogen) atoms. The van der Waals surface area contributed by atoms with Crippen LogP contribution in [0.25, 0.3) is 0 Å². The minimum atomic E-state index is -0.0452. The molecule has 0 spiro atoms. The molecule has 2 rings (SSSR count). The van der Waals surface area contributed by atoms with Gasteiger partial charge in [0.15, 0.2) is 5.78 Å². The molecule has 142 valence electrons. The second kappa shape index (κ2) is 10.3. The van der Waals surface area contributed by atoms with E-state index >= 15 is 0 Å². The Bertz CT molecular complexity index is 719. The predicted molar refractivity (Wildman–Crippen MR) is 107 cm³/mol. The highest BCUT2D eigenvalue weighted by Crippen LogP contribution is 2.33. The van der Waals surface area contributed by atoms with Crippen LogP contribution in [0.1, 0.15) is 53.2 Å². The van der Waals surface area contributed by atoms with Crippen LogP contribution < -0.4 is 0 Å². The number of halogens is 1. The van der Waals surface area contributed by atoms with Crippen LogP contribution in [-0.2, 0) is 6.54 Å². The summed E-state index contributed by atoms with van der Waals surface area (Å²) in [7, 11) is 1.88. The number of rotatable bonds is 8. The molecule has 0 aromatic heterocycles. The molecule has 4 nitrogen and oxygen atoms in total. The predicted octanol–water partition coefficient (Wildman–Crippen LogP) is 3.98. The maximum Gasteiger partial charge on any atom is 0.193 e. The van der Waals surface area contributed by atoms with Gasteiger partial charge in [0.1, 0.15) is 5.75 Å². The average molecular weight is 378 g/mol. The lowest BCUT2D eigenvalue weighted by Crippen LogP contribution is -2.22. The first kappa shape index (κ1) is 22.2. The number of ketones is 1. The molecule has 0 aliphatic rings. The topological polar surface area (TPSA) is 60.8 Å². The van der Waals surface area contributed by atoms with Crippen LogP contribution in [0.15, 0.2) is 42.5 Å². The summed E-state index contributed by atoms with van der Waals surface area (Å²) in [6, 6.07) is 12.8. The zero-order valence-electron chi connectivity index (χ0n) is 15.6. The van der Waals surface area contributed by atoms with E-state index in [2.05, 4.69) is 6.92 Å². The van der Waals surface area contributed by atoms with Crippen molar-refractivity contribution in [2.45, 2.75) is 32.7 Å². The minimum absolute atomic E-state index is 0. The average Bonchev–Trinajstić information content (AvgIpc) is 2.63. The van der Waals surface area contributed by atoms with Crippen LogP contribution in [0, 0.1) is 0 Å². The number of aliphatic hydroxyl groups excluding tert-OH is 1. The Labute approximate surface area is 161 Å². The first-order valence-corrected chi connectivity index (χ1v) is 8.72. The van der Waals surface area contributed by atoms with Gasteiger partial charge >= 0.3 is 0 Å². The van der Waals surface area contributed by atoms with Crippen molar-refractivity contribution in [2.75, 3.05) is 20.2 Å². The summed E-state index contributed by atoms with van der Waals surface area (Å²) >= 11 is 0.